The Bertz CT molecular complexity index is 499. The Balaban J connectivity index is 2.00. The van der Waals surface area contributed by atoms with Gasteiger partial charge in [0.15, 0.2) is 0 Å². The normalized spacial score (nSPS) is 18.6. The van der Waals surface area contributed by atoms with Gasteiger partial charge in [0.05, 0.1) is 5.25 Å². The van der Waals surface area contributed by atoms with E-state index in [1.54, 1.807) is 0 Å². The molecule has 1 aromatic carbocycles. The van der Waals surface area contributed by atoms with Gasteiger partial charge in [0, 0.05) is 12.6 Å². The molecule has 4 nitrogen and oxygen atoms in total. The van der Waals surface area contributed by atoms with Gasteiger partial charge >= 0.3 is 0 Å². The van der Waals surface area contributed by atoms with Crippen molar-refractivity contribution in [3.63, 3.8) is 0 Å². The standard InChI is InChI=1S/C12H12N2O2S2/c1-7(15)13-9-4-2-8(3-5-9)6-10-11(16)14-12(17)18-10/h2-5,10H,6H2,1H3,(H,13,15)(H,14,16,17). The van der Waals surface area contributed by atoms with E-state index in [-0.39, 0.29) is 17.1 Å². The van der Waals surface area contributed by atoms with Crippen LogP contribution in [0.15, 0.2) is 24.3 Å². The second kappa shape index (κ2) is 5.49. The first-order valence-electron chi connectivity index (χ1n) is 5.42. The number of nitrogens with one attached hydrogen (secondary N) is 2. The van der Waals surface area contributed by atoms with E-state index >= 15 is 0 Å². The molecule has 6 heteroatoms. The number of benzene rings is 1. The molecule has 1 aromatic rings. The number of thiocarbonyl (C=S) groups is 1. The Morgan fingerprint density at radius 1 is 1.44 bits per heavy atom. The largest absolute Gasteiger partial charge is 0.326 e. The molecule has 2 rings (SSSR count). The molecule has 1 atom stereocenters. The molecule has 94 valence electrons. The van der Waals surface area contributed by atoms with E-state index in [4.69, 9.17) is 12.2 Å². The lowest BCUT2D eigenvalue weighted by molar-refractivity contribution is -0.118. The zero-order chi connectivity index (χ0) is 13.1. The van der Waals surface area contributed by atoms with Crippen LogP contribution in [0.2, 0.25) is 0 Å². The van der Waals surface area contributed by atoms with Gasteiger partial charge in [-0.05, 0) is 24.1 Å². The van der Waals surface area contributed by atoms with Gasteiger partial charge in [-0.2, -0.15) is 0 Å². The van der Waals surface area contributed by atoms with Crippen molar-refractivity contribution in [2.45, 2.75) is 18.6 Å². The molecule has 0 aromatic heterocycles. The molecule has 1 heterocycles. The Labute approximate surface area is 115 Å². The number of hydrogen-bond donors (Lipinski definition) is 2. The van der Waals surface area contributed by atoms with Crippen molar-refractivity contribution >= 4 is 45.8 Å². The highest BCUT2D eigenvalue weighted by atomic mass is 32.2. The lowest BCUT2D eigenvalue weighted by Crippen LogP contribution is -2.25. The number of thioether (sulfide) groups is 1. The summed E-state index contributed by atoms with van der Waals surface area (Å²) in [5, 5.41) is 5.17. The van der Waals surface area contributed by atoms with E-state index in [0.29, 0.717) is 10.7 Å². The molecular formula is C12H12N2O2S2. The highest BCUT2D eigenvalue weighted by Crippen LogP contribution is 2.23. The van der Waals surface area contributed by atoms with Crippen molar-refractivity contribution in [3.8, 4) is 0 Å². The van der Waals surface area contributed by atoms with Crippen LogP contribution in [0.4, 0.5) is 5.69 Å². The molecule has 2 amide bonds. The molecular weight excluding hydrogens is 268 g/mol. The number of rotatable bonds is 3. The third-order valence-corrected chi connectivity index (χ3v) is 3.83. The molecule has 18 heavy (non-hydrogen) atoms. The number of anilines is 1. The Morgan fingerprint density at radius 2 is 2.11 bits per heavy atom. The van der Waals surface area contributed by atoms with Crippen molar-refractivity contribution in [3.05, 3.63) is 29.8 Å². The van der Waals surface area contributed by atoms with Gasteiger partial charge in [0.1, 0.15) is 4.32 Å². The second-order valence-corrected chi connectivity index (χ2v) is 5.85. The monoisotopic (exact) mass is 280 g/mol. The van der Waals surface area contributed by atoms with Crippen molar-refractivity contribution in [1.82, 2.24) is 5.32 Å². The Kier molecular flexibility index (Phi) is 3.98. The molecule has 0 aliphatic carbocycles. The third kappa shape index (κ3) is 3.30. The Hall–Kier alpha value is -1.40. The molecule has 2 N–H and O–H groups in total. The quantitative estimate of drug-likeness (QED) is 0.828. The predicted octanol–water partition coefficient (Wildman–Crippen LogP) is 1.70. The van der Waals surface area contributed by atoms with E-state index in [9.17, 15) is 9.59 Å². The van der Waals surface area contributed by atoms with Crippen LogP contribution in [-0.4, -0.2) is 21.4 Å². The van der Waals surface area contributed by atoms with Crippen LogP contribution in [-0.2, 0) is 16.0 Å². The van der Waals surface area contributed by atoms with Crippen LogP contribution in [0.25, 0.3) is 0 Å². The molecule has 0 saturated carbocycles. The summed E-state index contributed by atoms with van der Waals surface area (Å²) in [5.74, 6) is -0.130. The first kappa shape index (κ1) is 13.0. The zero-order valence-corrected chi connectivity index (χ0v) is 11.4. The van der Waals surface area contributed by atoms with E-state index in [2.05, 4.69) is 10.6 Å². The van der Waals surface area contributed by atoms with Gasteiger partial charge in [0.2, 0.25) is 11.8 Å². The summed E-state index contributed by atoms with van der Waals surface area (Å²) >= 11 is 6.33. The summed E-state index contributed by atoms with van der Waals surface area (Å²) < 4.78 is 0.542. The molecule has 0 spiro atoms. The fourth-order valence-electron chi connectivity index (χ4n) is 1.67. The van der Waals surface area contributed by atoms with E-state index < -0.39 is 0 Å². The third-order valence-electron chi connectivity index (χ3n) is 2.46. The van der Waals surface area contributed by atoms with Crippen LogP contribution in [0.3, 0.4) is 0 Å². The average Bonchev–Trinajstić information content (AvgIpc) is 2.59. The number of carbonyl (C=O) groups is 2. The van der Waals surface area contributed by atoms with Gasteiger partial charge in [-0.15, -0.1) is 0 Å². The minimum absolute atomic E-state index is 0.0315. The summed E-state index contributed by atoms with van der Waals surface area (Å²) in [6.07, 6.45) is 0.636. The highest BCUT2D eigenvalue weighted by Gasteiger charge is 2.28. The maximum absolute atomic E-state index is 11.5. The molecule has 0 radical (unpaired) electrons. The van der Waals surface area contributed by atoms with Crippen LogP contribution < -0.4 is 10.6 Å². The second-order valence-electron chi connectivity index (χ2n) is 3.97. The average molecular weight is 280 g/mol. The van der Waals surface area contributed by atoms with Crippen LogP contribution in [0, 0.1) is 0 Å². The fraction of sp³-hybridized carbons (Fsp3) is 0.250. The molecule has 1 fully saturated rings. The first-order chi connectivity index (χ1) is 8.54. The summed E-state index contributed by atoms with van der Waals surface area (Å²) in [6, 6.07) is 7.46. The van der Waals surface area contributed by atoms with Gasteiger partial charge in [-0.25, -0.2) is 0 Å². The van der Waals surface area contributed by atoms with Crippen LogP contribution in [0.1, 0.15) is 12.5 Å². The van der Waals surface area contributed by atoms with Gasteiger partial charge in [-0.1, -0.05) is 36.1 Å². The SMILES string of the molecule is CC(=O)Nc1ccc(CC2SC(=S)NC2=O)cc1. The van der Waals surface area contributed by atoms with Crippen molar-refractivity contribution in [2.75, 3.05) is 5.32 Å². The number of hydrogen-bond acceptors (Lipinski definition) is 4. The summed E-state index contributed by atoms with van der Waals surface area (Å²) in [5.41, 5.74) is 1.80. The van der Waals surface area contributed by atoms with Crippen molar-refractivity contribution in [1.29, 1.82) is 0 Å². The van der Waals surface area contributed by atoms with Gasteiger partial charge in [-0.3, -0.25) is 9.59 Å². The van der Waals surface area contributed by atoms with E-state index in [1.807, 2.05) is 24.3 Å². The van der Waals surface area contributed by atoms with Crippen LogP contribution >= 0.6 is 24.0 Å². The lowest BCUT2D eigenvalue weighted by atomic mass is 10.1. The fourth-order valence-corrected chi connectivity index (χ4v) is 2.98. The van der Waals surface area contributed by atoms with Gasteiger partial charge in [0.25, 0.3) is 0 Å². The summed E-state index contributed by atoms with van der Waals surface area (Å²) in [6.45, 7) is 1.47. The van der Waals surface area contributed by atoms with E-state index in [1.165, 1.54) is 18.7 Å². The maximum atomic E-state index is 11.5. The molecule has 0 bridgehead atoms. The summed E-state index contributed by atoms with van der Waals surface area (Å²) in [4.78, 5) is 22.4. The number of amides is 2. The Morgan fingerprint density at radius 3 is 2.61 bits per heavy atom. The van der Waals surface area contributed by atoms with E-state index in [0.717, 1.165) is 11.3 Å². The molecule has 1 saturated heterocycles. The van der Waals surface area contributed by atoms with Crippen molar-refractivity contribution < 1.29 is 9.59 Å². The smallest absolute Gasteiger partial charge is 0.239 e. The minimum atomic E-state index is -0.149. The maximum Gasteiger partial charge on any atom is 0.239 e. The molecule has 1 aliphatic heterocycles. The van der Waals surface area contributed by atoms with Crippen molar-refractivity contribution in [2.24, 2.45) is 0 Å². The van der Waals surface area contributed by atoms with Crippen LogP contribution in [0.5, 0.6) is 0 Å². The van der Waals surface area contributed by atoms with Gasteiger partial charge < -0.3 is 10.6 Å². The summed E-state index contributed by atoms with van der Waals surface area (Å²) in [7, 11) is 0. The number of carbonyl (C=O) groups excluding carboxylic acids is 2. The molecule has 1 unspecified atom stereocenters. The predicted molar refractivity (Wildman–Crippen MR) is 76.6 cm³/mol. The molecule has 1 aliphatic rings. The highest BCUT2D eigenvalue weighted by molar-refractivity contribution is 8.24. The minimum Gasteiger partial charge on any atom is -0.326 e. The topological polar surface area (TPSA) is 58.2 Å². The zero-order valence-electron chi connectivity index (χ0n) is 9.73. The first-order valence-corrected chi connectivity index (χ1v) is 6.71. The lowest BCUT2D eigenvalue weighted by Gasteiger charge is -2.07.